The average Bonchev–Trinajstić information content (AvgIpc) is 2.71. The first-order valence-electron chi connectivity index (χ1n) is 9.38. The molecule has 2 aromatic carbocycles. The van der Waals surface area contributed by atoms with Crippen LogP contribution in [0.5, 0.6) is 17.2 Å². The van der Waals surface area contributed by atoms with Crippen molar-refractivity contribution in [2.45, 2.75) is 26.0 Å². The van der Waals surface area contributed by atoms with Crippen molar-refractivity contribution < 1.29 is 27.4 Å². The van der Waals surface area contributed by atoms with Gasteiger partial charge in [0, 0.05) is 7.05 Å². The van der Waals surface area contributed by atoms with Crippen molar-refractivity contribution in [3.8, 4) is 17.2 Å². The number of benzene rings is 2. The van der Waals surface area contributed by atoms with E-state index in [2.05, 4.69) is 5.32 Å². The molecule has 2 atom stereocenters. The van der Waals surface area contributed by atoms with Gasteiger partial charge in [-0.15, -0.1) is 0 Å². The van der Waals surface area contributed by atoms with Crippen molar-refractivity contribution >= 4 is 21.6 Å². The van der Waals surface area contributed by atoms with Crippen LogP contribution in [-0.4, -0.2) is 53.5 Å². The van der Waals surface area contributed by atoms with Gasteiger partial charge in [-0.05, 0) is 50.2 Å². The van der Waals surface area contributed by atoms with Gasteiger partial charge in [-0.25, -0.2) is 8.42 Å². The Balaban J connectivity index is 1.86. The molecule has 0 radical (unpaired) electrons. The number of nitrogens with one attached hydrogen (secondary N) is 1. The minimum atomic E-state index is -3.34. The molecule has 2 rings (SSSR count). The Morgan fingerprint density at radius 3 is 2.23 bits per heavy atom. The fourth-order valence-corrected chi connectivity index (χ4v) is 3.04. The van der Waals surface area contributed by atoms with Crippen LogP contribution < -0.4 is 23.8 Å². The smallest absolute Gasteiger partial charge is 0.261 e. The zero-order valence-corrected chi connectivity index (χ0v) is 18.6. The number of carbonyl (C=O) groups is 1. The lowest BCUT2D eigenvalue weighted by Crippen LogP contribution is -2.43. The zero-order valence-electron chi connectivity index (χ0n) is 17.8. The molecule has 0 aromatic heterocycles. The highest BCUT2D eigenvalue weighted by Gasteiger charge is 2.18. The molecular formula is C21H28N2O6S. The second kappa shape index (κ2) is 10.2. The van der Waals surface area contributed by atoms with E-state index in [1.165, 1.54) is 7.05 Å². The first-order valence-corrected chi connectivity index (χ1v) is 11.2. The summed E-state index contributed by atoms with van der Waals surface area (Å²) in [5, 5.41) is 2.84. The van der Waals surface area contributed by atoms with Gasteiger partial charge in [0.2, 0.25) is 10.0 Å². The molecule has 8 nitrogen and oxygen atoms in total. The van der Waals surface area contributed by atoms with Crippen molar-refractivity contribution in [2.75, 3.05) is 31.3 Å². The minimum Gasteiger partial charge on any atom is -0.493 e. The Morgan fingerprint density at radius 1 is 1.07 bits per heavy atom. The molecule has 1 N–H and O–H groups in total. The number of nitrogens with zero attached hydrogens (tertiary/aromatic N) is 1. The van der Waals surface area contributed by atoms with E-state index in [1.807, 2.05) is 19.1 Å². The van der Waals surface area contributed by atoms with E-state index in [4.69, 9.17) is 14.2 Å². The molecule has 0 heterocycles. The lowest BCUT2D eigenvalue weighted by molar-refractivity contribution is -0.128. The summed E-state index contributed by atoms with van der Waals surface area (Å²) in [5.41, 5.74) is 0.504. The predicted octanol–water partition coefficient (Wildman–Crippen LogP) is 2.44. The molecule has 164 valence electrons. The molecular weight excluding hydrogens is 408 g/mol. The molecule has 0 fully saturated rings. The minimum absolute atomic E-state index is 0.251. The van der Waals surface area contributed by atoms with Gasteiger partial charge in [-0.1, -0.05) is 12.1 Å². The molecule has 9 heteroatoms. The van der Waals surface area contributed by atoms with Crippen molar-refractivity contribution in [1.82, 2.24) is 5.32 Å². The van der Waals surface area contributed by atoms with Gasteiger partial charge in [-0.2, -0.15) is 0 Å². The standard InChI is InChI=1S/C21H28N2O6S/c1-15(14-28-20-9-7-6-8-19(20)27-4)22-21(24)16(2)29-18-12-10-17(11-13-18)23(3)30(5,25)26/h6-13,15-16H,14H2,1-5H3,(H,22,24). The maximum atomic E-state index is 12.4. The topological polar surface area (TPSA) is 94.2 Å². The molecule has 0 aliphatic heterocycles. The van der Waals surface area contributed by atoms with Gasteiger partial charge >= 0.3 is 0 Å². The molecule has 0 bridgehead atoms. The summed E-state index contributed by atoms with van der Waals surface area (Å²) in [4.78, 5) is 12.4. The summed E-state index contributed by atoms with van der Waals surface area (Å²) >= 11 is 0. The summed E-state index contributed by atoms with van der Waals surface area (Å²) in [6.07, 6.45) is 0.389. The highest BCUT2D eigenvalue weighted by atomic mass is 32.2. The Labute approximate surface area is 177 Å². The molecule has 0 saturated carbocycles. The van der Waals surface area contributed by atoms with Crippen LogP contribution in [0, 0.1) is 0 Å². The van der Waals surface area contributed by atoms with Gasteiger partial charge in [-0.3, -0.25) is 9.10 Å². The molecule has 30 heavy (non-hydrogen) atoms. The van der Waals surface area contributed by atoms with E-state index >= 15 is 0 Å². The monoisotopic (exact) mass is 436 g/mol. The number of anilines is 1. The van der Waals surface area contributed by atoms with Crippen LogP contribution in [-0.2, 0) is 14.8 Å². The largest absolute Gasteiger partial charge is 0.493 e. The molecule has 2 unspecified atom stereocenters. The number of hydrogen-bond donors (Lipinski definition) is 1. The van der Waals surface area contributed by atoms with Crippen molar-refractivity contribution in [1.29, 1.82) is 0 Å². The molecule has 0 spiro atoms. The van der Waals surface area contributed by atoms with Crippen molar-refractivity contribution in [3.05, 3.63) is 48.5 Å². The number of carbonyl (C=O) groups excluding carboxylic acids is 1. The maximum Gasteiger partial charge on any atom is 0.261 e. The highest BCUT2D eigenvalue weighted by molar-refractivity contribution is 7.92. The molecule has 0 aliphatic rings. The predicted molar refractivity (Wildman–Crippen MR) is 116 cm³/mol. The van der Waals surface area contributed by atoms with Crippen LogP contribution in [0.2, 0.25) is 0 Å². The van der Waals surface area contributed by atoms with Gasteiger partial charge in [0.25, 0.3) is 5.91 Å². The fourth-order valence-electron chi connectivity index (χ4n) is 2.54. The third kappa shape index (κ3) is 6.55. The lowest BCUT2D eigenvalue weighted by atomic mass is 10.2. The summed E-state index contributed by atoms with van der Waals surface area (Å²) in [6, 6.07) is 13.5. The summed E-state index contributed by atoms with van der Waals surface area (Å²) in [5.74, 6) is 1.40. The van der Waals surface area contributed by atoms with Gasteiger partial charge in [0.1, 0.15) is 12.4 Å². The second-order valence-electron chi connectivity index (χ2n) is 6.86. The number of methoxy groups -OCH3 is 1. The third-order valence-corrected chi connectivity index (χ3v) is 5.53. The normalized spacial score (nSPS) is 13.1. The van der Waals surface area contributed by atoms with Crippen LogP contribution in [0.15, 0.2) is 48.5 Å². The highest BCUT2D eigenvalue weighted by Crippen LogP contribution is 2.25. The average molecular weight is 437 g/mol. The molecule has 0 aliphatic carbocycles. The van der Waals surface area contributed by atoms with E-state index < -0.39 is 16.1 Å². The quantitative estimate of drug-likeness (QED) is 0.615. The first kappa shape index (κ1) is 23.3. The maximum absolute atomic E-state index is 12.4. The first-order chi connectivity index (χ1) is 14.1. The third-order valence-electron chi connectivity index (χ3n) is 4.33. The van der Waals surface area contributed by atoms with Gasteiger partial charge in [0.05, 0.1) is 25.1 Å². The number of amides is 1. The van der Waals surface area contributed by atoms with Crippen LogP contribution in [0.3, 0.4) is 0 Å². The van der Waals surface area contributed by atoms with Crippen LogP contribution in [0.25, 0.3) is 0 Å². The number of rotatable bonds is 10. The summed E-state index contributed by atoms with van der Waals surface area (Å²) < 4.78 is 41.0. The van der Waals surface area contributed by atoms with E-state index in [9.17, 15) is 13.2 Å². The Kier molecular flexibility index (Phi) is 7.93. The molecule has 0 saturated heterocycles. The molecule has 1 amide bonds. The summed E-state index contributed by atoms with van der Waals surface area (Å²) in [6.45, 7) is 3.74. The fraction of sp³-hybridized carbons (Fsp3) is 0.381. The SMILES string of the molecule is COc1ccccc1OCC(C)NC(=O)C(C)Oc1ccc(N(C)S(C)(=O)=O)cc1. The zero-order chi connectivity index (χ0) is 22.3. The van der Waals surface area contributed by atoms with Crippen LogP contribution in [0.1, 0.15) is 13.8 Å². The van der Waals surface area contributed by atoms with E-state index in [0.717, 1.165) is 10.6 Å². The van der Waals surface area contributed by atoms with Gasteiger partial charge < -0.3 is 19.5 Å². The van der Waals surface area contributed by atoms with E-state index in [1.54, 1.807) is 50.4 Å². The Hall–Kier alpha value is -2.94. The van der Waals surface area contributed by atoms with E-state index in [-0.39, 0.29) is 18.6 Å². The Morgan fingerprint density at radius 2 is 1.67 bits per heavy atom. The number of hydrogen-bond acceptors (Lipinski definition) is 6. The number of ether oxygens (including phenoxy) is 3. The van der Waals surface area contributed by atoms with Crippen molar-refractivity contribution in [3.63, 3.8) is 0 Å². The summed E-state index contributed by atoms with van der Waals surface area (Å²) in [7, 11) is -0.305. The van der Waals surface area contributed by atoms with Crippen LogP contribution in [0.4, 0.5) is 5.69 Å². The second-order valence-corrected chi connectivity index (χ2v) is 8.87. The Bertz CT molecular complexity index is 946. The van der Waals surface area contributed by atoms with E-state index in [0.29, 0.717) is 22.9 Å². The van der Waals surface area contributed by atoms with Crippen molar-refractivity contribution in [2.24, 2.45) is 0 Å². The number of para-hydroxylation sites is 2. The lowest BCUT2D eigenvalue weighted by Gasteiger charge is -2.20. The van der Waals surface area contributed by atoms with Gasteiger partial charge in [0.15, 0.2) is 17.6 Å². The molecule has 2 aromatic rings. The number of sulfonamides is 1. The van der Waals surface area contributed by atoms with Crippen LogP contribution >= 0.6 is 0 Å².